The fraction of sp³-hybridized carbons (Fsp3) is 0.273. The van der Waals surface area contributed by atoms with E-state index in [0.717, 1.165) is 11.1 Å². The molecular formula is C22H20ClNO5S. The van der Waals surface area contributed by atoms with E-state index < -0.39 is 21.8 Å². The summed E-state index contributed by atoms with van der Waals surface area (Å²) in [4.78, 5) is 27.4. The Balaban J connectivity index is 1.74. The molecule has 0 bridgehead atoms. The molecule has 4 rings (SSSR count). The van der Waals surface area contributed by atoms with Gasteiger partial charge in [0.05, 0.1) is 16.9 Å². The fourth-order valence-electron chi connectivity index (χ4n) is 3.68. The Kier molecular flexibility index (Phi) is 5.42. The van der Waals surface area contributed by atoms with E-state index in [1.165, 1.54) is 11.0 Å². The summed E-state index contributed by atoms with van der Waals surface area (Å²) in [6.45, 7) is 2.05. The van der Waals surface area contributed by atoms with Gasteiger partial charge in [-0.05, 0) is 48.7 Å². The van der Waals surface area contributed by atoms with Crippen molar-refractivity contribution >= 4 is 38.3 Å². The molecule has 2 heterocycles. The monoisotopic (exact) mass is 445 g/mol. The van der Waals surface area contributed by atoms with Gasteiger partial charge in [0, 0.05) is 23.7 Å². The fourth-order valence-corrected chi connectivity index (χ4v) is 5.54. The minimum atomic E-state index is -3.21. The van der Waals surface area contributed by atoms with E-state index in [1.54, 1.807) is 42.5 Å². The van der Waals surface area contributed by atoms with Crippen molar-refractivity contribution in [1.29, 1.82) is 0 Å². The van der Waals surface area contributed by atoms with Crippen molar-refractivity contribution in [2.45, 2.75) is 25.9 Å². The van der Waals surface area contributed by atoms with Gasteiger partial charge in [0.25, 0.3) is 5.91 Å². The van der Waals surface area contributed by atoms with Crippen LogP contribution in [0, 0.1) is 6.92 Å². The maximum absolute atomic E-state index is 13.4. The zero-order chi connectivity index (χ0) is 21.5. The minimum Gasteiger partial charge on any atom is -0.451 e. The highest BCUT2D eigenvalue weighted by atomic mass is 35.5. The molecule has 8 heteroatoms. The molecule has 0 N–H and O–H groups in total. The highest BCUT2D eigenvalue weighted by Gasteiger charge is 2.36. The molecule has 2 aromatic carbocycles. The zero-order valence-corrected chi connectivity index (χ0v) is 17.9. The Labute approximate surface area is 179 Å². The molecule has 1 atom stereocenters. The summed E-state index contributed by atoms with van der Waals surface area (Å²) in [5.74, 6) is -0.685. The van der Waals surface area contributed by atoms with Crippen molar-refractivity contribution in [3.63, 3.8) is 0 Å². The highest BCUT2D eigenvalue weighted by molar-refractivity contribution is 7.91. The molecule has 1 aliphatic heterocycles. The largest absolute Gasteiger partial charge is 0.451 e. The average molecular weight is 446 g/mol. The number of amides is 1. The number of hydrogen-bond donors (Lipinski definition) is 0. The van der Waals surface area contributed by atoms with Crippen LogP contribution in [0.25, 0.3) is 11.0 Å². The molecule has 1 saturated heterocycles. The first-order valence-electron chi connectivity index (χ1n) is 9.52. The predicted molar refractivity (Wildman–Crippen MR) is 116 cm³/mol. The van der Waals surface area contributed by atoms with Crippen LogP contribution in [-0.2, 0) is 16.4 Å². The molecule has 1 fully saturated rings. The highest BCUT2D eigenvalue weighted by Crippen LogP contribution is 2.24. The van der Waals surface area contributed by atoms with Crippen molar-refractivity contribution in [2.75, 3.05) is 11.5 Å². The molecule has 156 valence electrons. The third-order valence-corrected chi connectivity index (χ3v) is 7.27. The van der Waals surface area contributed by atoms with Crippen molar-refractivity contribution < 1.29 is 17.6 Å². The van der Waals surface area contributed by atoms with Gasteiger partial charge in [0.15, 0.2) is 21.0 Å². The van der Waals surface area contributed by atoms with Crippen molar-refractivity contribution in [1.82, 2.24) is 4.90 Å². The standard InChI is InChI=1S/C22H20ClNO5S/c1-14-2-7-18-19(25)11-21(29-20(18)10-14)22(26)24(17-8-9-30(27,28)13-17)12-15-3-5-16(23)6-4-15/h2-7,10-11,17H,8-9,12-13H2,1H3/t17-/m0/s1. The number of halogens is 1. The Morgan fingerprint density at radius 1 is 1.17 bits per heavy atom. The van der Waals surface area contributed by atoms with E-state index in [-0.39, 0.29) is 29.2 Å². The molecule has 0 aliphatic carbocycles. The van der Waals surface area contributed by atoms with Crippen LogP contribution in [0.5, 0.6) is 0 Å². The number of aryl methyl sites for hydroxylation is 1. The van der Waals surface area contributed by atoms with Crippen LogP contribution in [0.2, 0.25) is 5.02 Å². The third kappa shape index (κ3) is 4.27. The average Bonchev–Trinajstić information content (AvgIpc) is 3.06. The van der Waals surface area contributed by atoms with Gasteiger partial charge in [-0.2, -0.15) is 0 Å². The molecular weight excluding hydrogens is 426 g/mol. The Morgan fingerprint density at radius 2 is 1.90 bits per heavy atom. The molecule has 0 radical (unpaired) electrons. The number of sulfone groups is 1. The van der Waals surface area contributed by atoms with Crippen LogP contribution in [-0.4, -0.2) is 36.8 Å². The first kappa shape index (κ1) is 20.6. The van der Waals surface area contributed by atoms with Gasteiger partial charge in [-0.25, -0.2) is 8.42 Å². The molecule has 0 unspecified atom stereocenters. The predicted octanol–water partition coefficient (Wildman–Crippen LogP) is 3.58. The molecule has 3 aromatic rings. The quantitative estimate of drug-likeness (QED) is 0.612. The molecule has 1 aromatic heterocycles. The molecule has 1 aliphatic rings. The van der Waals surface area contributed by atoms with Gasteiger partial charge in [-0.3, -0.25) is 9.59 Å². The third-order valence-electron chi connectivity index (χ3n) is 5.27. The number of benzene rings is 2. The summed E-state index contributed by atoms with van der Waals surface area (Å²) in [5, 5.41) is 0.959. The van der Waals surface area contributed by atoms with Crippen molar-refractivity contribution in [3.8, 4) is 0 Å². The molecule has 30 heavy (non-hydrogen) atoms. The Bertz CT molecular complexity index is 1280. The summed E-state index contributed by atoms with van der Waals surface area (Å²) in [7, 11) is -3.21. The lowest BCUT2D eigenvalue weighted by molar-refractivity contribution is 0.0648. The van der Waals surface area contributed by atoms with Crippen LogP contribution in [0.4, 0.5) is 0 Å². The van der Waals surface area contributed by atoms with Gasteiger partial charge in [0.2, 0.25) is 0 Å². The lowest BCUT2D eigenvalue weighted by Crippen LogP contribution is -2.40. The van der Waals surface area contributed by atoms with Gasteiger partial charge in [-0.1, -0.05) is 29.8 Å². The second-order valence-electron chi connectivity index (χ2n) is 7.59. The summed E-state index contributed by atoms with van der Waals surface area (Å²) in [6.07, 6.45) is 0.346. The molecule has 0 spiro atoms. The van der Waals surface area contributed by atoms with Gasteiger partial charge in [0.1, 0.15) is 5.58 Å². The summed E-state index contributed by atoms with van der Waals surface area (Å²) < 4.78 is 29.9. The van der Waals surface area contributed by atoms with E-state index >= 15 is 0 Å². The second-order valence-corrected chi connectivity index (χ2v) is 10.3. The summed E-state index contributed by atoms with van der Waals surface area (Å²) in [6, 6.07) is 12.9. The van der Waals surface area contributed by atoms with Crippen LogP contribution in [0.1, 0.15) is 28.1 Å². The van der Waals surface area contributed by atoms with E-state index in [4.69, 9.17) is 16.0 Å². The first-order valence-corrected chi connectivity index (χ1v) is 11.7. The number of fused-ring (bicyclic) bond motifs is 1. The number of carbonyl (C=O) groups excluding carboxylic acids is 1. The Morgan fingerprint density at radius 3 is 2.57 bits per heavy atom. The van der Waals surface area contributed by atoms with Crippen LogP contribution in [0.3, 0.4) is 0 Å². The van der Waals surface area contributed by atoms with E-state index in [9.17, 15) is 18.0 Å². The molecule has 6 nitrogen and oxygen atoms in total. The maximum atomic E-state index is 13.4. The van der Waals surface area contributed by atoms with Crippen molar-refractivity contribution in [2.24, 2.45) is 0 Å². The van der Waals surface area contributed by atoms with Crippen molar-refractivity contribution in [3.05, 3.63) is 80.7 Å². The van der Waals surface area contributed by atoms with Gasteiger partial charge < -0.3 is 9.32 Å². The van der Waals surface area contributed by atoms with E-state index in [0.29, 0.717) is 22.4 Å². The van der Waals surface area contributed by atoms with Gasteiger partial charge >= 0.3 is 0 Å². The lowest BCUT2D eigenvalue weighted by Gasteiger charge is -2.28. The minimum absolute atomic E-state index is 0.0307. The van der Waals surface area contributed by atoms with Gasteiger partial charge in [-0.15, -0.1) is 0 Å². The van der Waals surface area contributed by atoms with Crippen LogP contribution in [0.15, 0.2) is 57.7 Å². The van der Waals surface area contributed by atoms with E-state index in [1.807, 2.05) is 6.92 Å². The Hall–Kier alpha value is -2.64. The molecule has 0 saturated carbocycles. The zero-order valence-electron chi connectivity index (χ0n) is 16.3. The summed E-state index contributed by atoms with van der Waals surface area (Å²) in [5.41, 5.74) is 1.72. The second kappa shape index (κ2) is 7.89. The van der Waals surface area contributed by atoms with Crippen LogP contribution < -0.4 is 5.43 Å². The van der Waals surface area contributed by atoms with E-state index in [2.05, 4.69) is 0 Å². The normalized spacial score (nSPS) is 17.9. The number of hydrogen-bond acceptors (Lipinski definition) is 5. The lowest BCUT2D eigenvalue weighted by atomic mass is 10.1. The first-order chi connectivity index (χ1) is 14.2. The van der Waals surface area contributed by atoms with Crippen LogP contribution >= 0.6 is 11.6 Å². The number of rotatable bonds is 4. The number of carbonyl (C=O) groups is 1. The topological polar surface area (TPSA) is 84.7 Å². The smallest absolute Gasteiger partial charge is 0.290 e. The molecule has 1 amide bonds. The SMILES string of the molecule is Cc1ccc2c(=O)cc(C(=O)N(Cc3ccc(Cl)cc3)[C@H]3CCS(=O)(=O)C3)oc2c1. The summed E-state index contributed by atoms with van der Waals surface area (Å²) >= 11 is 5.95. The maximum Gasteiger partial charge on any atom is 0.290 e. The number of nitrogens with zero attached hydrogens (tertiary/aromatic N) is 1.